The van der Waals surface area contributed by atoms with Gasteiger partial charge in [-0.15, -0.1) is 0 Å². The first-order valence-corrected chi connectivity index (χ1v) is 7.93. The molecule has 0 radical (unpaired) electrons. The van der Waals surface area contributed by atoms with Crippen LogP contribution in [0, 0.1) is 13.7 Å². The van der Waals surface area contributed by atoms with Crippen LogP contribution in [0.2, 0.25) is 0 Å². The molecule has 2 aromatic carbocycles. The molecule has 0 heterocycles. The molecule has 24 heavy (non-hydrogen) atoms. The molecular formula is C17H14INO5. The second-order valence-corrected chi connectivity index (χ2v) is 5.84. The molecule has 0 N–H and O–H groups in total. The fourth-order valence-corrected chi connectivity index (χ4v) is 2.82. The van der Waals surface area contributed by atoms with E-state index in [0.717, 1.165) is 3.57 Å². The Morgan fingerprint density at radius 2 is 1.79 bits per heavy atom. The average molecular weight is 439 g/mol. The third-order valence-electron chi connectivity index (χ3n) is 3.32. The molecular weight excluding hydrogens is 425 g/mol. The summed E-state index contributed by atoms with van der Waals surface area (Å²) in [7, 11) is 2.73. The van der Waals surface area contributed by atoms with Gasteiger partial charge >= 0.3 is 5.97 Å². The number of carbonyl (C=O) groups excluding carboxylic acids is 1. The van der Waals surface area contributed by atoms with Crippen LogP contribution in [-0.2, 0) is 4.74 Å². The second-order valence-electron chi connectivity index (χ2n) is 4.68. The first kappa shape index (κ1) is 17.9. The van der Waals surface area contributed by atoms with E-state index < -0.39 is 10.9 Å². The molecule has 0 unspecified atom stereocenters. The maximum Gasteiger partial charge on any atom is 0.338 e. The molecule has 0 aliphatic carbocycles. The van der Waals surface area contributed by atoms with E-state index in [-0.39, 0.29) is 16.8 Å². The lowest BCUT2D eigenvalue weighted by atomic mass is 10.0. The topological polar surface area (TPSA) is 78.7 Å². The summed E-state index contributed by atoms with van der Waals surface area (Å²) < 4.78 is 10.8. The number of carbonyl (C=O) groups is 1. The standard InChI is InChI=1S/C17H14INO5/c1-23-16-9-5-8-14(18)13(16)10-15(19(21)22)11-6-3-4-7-12(11)17(20)24-2/h3-10H,1-2H3/b15-10-. The lowest BCUT2D eigenvalue weighted by molar-refractivity contribution is -0.374. The van der Waals surface area contributed by atoms with Crippen molar-refractivity contribution in [2.24, 2.45) is 0 Å². The highest BCUT2D eigenvalue weighted by molar-refractivity contribution is 14.1. The van der Waals surface area contributed by atoms with E-state index in [4.69, 9.17) is 9.47 Å². The number of nitrogens with zero attached hydrogens (tertiary/aromatic N) is 1. The van der Waals surface area contributed by atoms with Gasteiger partial charge in [0.2, 0.25) is 0 Å². The minimum atomic E-state index is -0.631. The Morgan fingerprint density at radius 3 is 2.38 bits per heavy atom. The number of rotatable bonds is 5. The lowest BCUT2D eigenvalue weighted by Crippen LogP contribution is -2.08. The number of ether oxygens (including phenoxy) is 2. The maximum absolute atomic E-state index is 11.9. The van der Waals surface area contributed by atoms with E-state index in [1.165, 1.54) is 32.4 Å². The second kappa shape index (κ2) is 7.91. The van der Waals surface area contributed by atoms with Crippen molar-refractivity contribution < 1.29 is 19.2 Å². The molecule has 0 aromatic heterocycles. The Morgan fingerprint density at radius 1 is 1.12 bits per heavy atom. The zero-order valence-electron chi connectivity index (χ0n) is 13.0. The van der Waals surface area contributed by atoms with Crippen LogP contribution in [0.15, 0.2) is 42.5 Å². The van der Waals surface area contributed by atoms with E-state index in [0.29, 0.717) is 11.3 Å². The van der Waals surface area contributed by atoms with E-state index in [1.807, 2.05) is 6.07 Å². The van der Waals surface area contributed by atoms with E-state index in [2.05, 4.69) is 22.6 Å². The zero-order valence-corrected chi connectivity index (χ0v) is 15.1. The molecule has 0 aliphatic heterocycles. The SMILES string of the molecule is COC(=O)c1ccccc1/C(=C/c1c(I)cccc1OC)[N+](=O)[O-]. The number of nitro groups is 1. The lowest BCUT2D eigenvalue weighted by Gasteiger charge is -2.09. The van der Waals surface area contributed by atoms with Gasteiger partial charge in [0.15, 0.2) is 0 Å². The predicted molar refractivity (Wildman–Crippen MR) is 98.4 cm³/mol. The number of esters is 1. The van der Waals surface area contributed by atoms with Crippen molar-refractivity contribution in [3.8, 4) is 5.75 Å². The van der Waals surface area contributed by atoms with Gasteiger partial charge < -0.3 is 9.47 Å². The number of halogens is 1. The average Bonchev–Trinajstić information content (AvgIpc) is 2.59. The number of methoxy groups -OCH3 is 2. The summed E-state index contributed by atoms with van der Waals surface area (Å²) in [6.07, 6.45) is 1.41. The van der Waals surface area contributed by atoms with Crippen LogP contribution in [0.5, 0.6) is 5.75 Å². The largest absolute Gasteiger partial charge is 0.496 e. The molecule has 124 valence electrons. The van der Waals surface area contributed by atoms with Gasteiger partial charge in [0.25, 0.3) is 5.70 Å². The molecule has 0 bridgehead atoms. The van der Waals surface area contributed by atoms with Gasteiger partial charge in [-0.25, -0.2) is 4.79 Å². The van der Waals surface area contributed by atoms with Crippen LogP contribution >= 0.6 is 22.6 Å². The number of hydrogen-bond acceptors (Lipinski definition) is 5. The number of hydrogen-bond donors (Lipinski definition) is 0. The smallest absolute Gasteiger partial charge is 0.338 e. The molecule has 2 aromatic rings. The third kappa shape index (κ3) is 3.73. The fourth-order valence-electron chi connectivity index (χ4n) is 2.20. The van der Waals surface area contributed by atoms with Crippen molar-refractivity contribution in [1.82, 2.24) is 0 Å². The summed E-state index contributed by atoms with van der Waals surface area (Å²) in [5.41, 5.74) is 0.689. The maximum atomic E-state index is 11.9. The molecule has 0 saturated carbocycles. The van der Waals surface area contributed by atoms with Gasteiger partial charge in [-0.2, -0.15) is 0 Å². The van der Waals surface area contributed by atoms with Gasteiger partial charge in [-0.05, 0) is 46.9 Å². The van der Waals surface area contributed by atoms with Crippen molar-refractivity contribution in [3.63, 3.8) is 0 Å². The highest BCUT2D eigenvalue weighted by atomic mass is 127. The van der Waals surface area contributed by atoms with Crippen LogP contribution in [-0.4, -0.2) is 25.1 Å². The Labute approximate surface area is 152 Å². The van der Waals surface area contributed by atoms with Crippen LogP contribution in [0.3, 0.4) is 0 Å². The summed E-state index contributed by atoms with van der Waals surface area (Å²) >= 11 is 2.08. The van der Waals surface area contributed by atoms with Gasteiger partial charge in [0.1, 0.15) is 5.75 Å². The van der Waals surface area contributed by atoms with Crippen molar-refractivity contribution in [1.29, 1.82) is 0 Å². The molecule has 0 atom stereocenters. The van der Waals surface area contributed by atoms with Crippen LogP contribution < -0.4 is 4.74 Å². The molecule has 6 nitrogen and oxygen atoms in total. The zero-order chi connectivity index (χ0) is 17.7. The summed E-state index contributed by atoms with van der Waals surface area (Å²) in [5, 5.41) is 11.6. The van der Waals surface area contributed by atoms with Crippen LogP contribution in [0.1, 0.15) is 21.5 Å². The molecule has 0 spiro atoms. The molecule has 0 saturated heterocycles. The van der Waals surface area contributed by atoms with E-state index >= 15 is 0 Å². The summed E-state index contributed by atoms with van der Waals surface area (Å²) in [5.74, 6) is -0.120. The quantitative estimate of drug-likeness (QED) is 0.233. The predicted octanol–water partition coefficient (Wildman–Crippen LogP) is 3.86. The van der Waals surface area contributed by atoms with Crippen LogP contribution in [0.4, 0.5) is 0 Å². The molecule has 7 heteroatoms. The van der Waals surface area contributed by atoms with Gasteiger partial charge in [0.05, 0.1) is 30.3 Å². The van der Waals surface area contributed by atoms with Crippen molar-refractivity contribution >= 4 is 40.3 Å². The Balaban J connectivity index is 2.70. The number of benzene rings is 2. The summed E-state index contributed by atoms with van der Waals surface area (Å²) in [6.45, 7) is 0. The Bertz CT molecular complexity index is 816. The first-order chi connectivity index (χ1) is 11.5. The van der Waals surface area contributed by atoms with Crippen LogP contribution in [0.25, 0.3) is 11.8 Å². The highest BCUT2D eigenvalue weighted by Crippen LogP contribution is 2.30. The monoisotopic (exact) mass is 439 g/mol. The van der Waals surface area contributed by atoms with Crippen molar-refractivity contribution in [2.45, 2.75) is 0 Å². The highest BCUT2D eigenvalue weighted by Gasteiger charge is 2.23. The first-order valence-electron chi connectivity index (χ1n) is 6.86. The van der Waals surface area contributed by atoms with E-state index in [9.17, 15) is 14.9 Å². The Hall–Kier alpha value is -2.42. The van der Waals surface area contributed by atoms with Gasteiger partial charge in [-0.3, -0.25) is 10.1 Å². The van der Waals surface area contributed by atoms with E-state index in [1.54, 1.807) is 24.3 Å². The molecule has 2 rings (SSSR count). The normalized spacial score (nSPS) is 11.0. The molecule has 0 amide bonds. The summed E-state index contributed by atoms with van der Waals surface area (Å²) in [6, 6.07) is 11.6. The molecule has 0 fully saturated rings. The molecule has 0 aliphatic rings. The minimum Gasteiger partial charge on any atom is -0.496 e. The Kier molecular flexibility index (Phi) is 5.91. The summed E-state index contributed by atoms with van der Waals surface area (Å²) in [4.78, 5) is 23.0. The van der Waals surface area contributed by atoms with Gasteiger partial charge in [0, 0.05) is 15.2 Å². The third-order valence-corrected chi connectivity index (χ3v) is 4.26. The van der Waals surface area contributed by atoms with Crippen molar-refractivity contribution in [2.75, 3.05) is 14.2 Å². The van der Waals surface area contributed by atoms with Crippen molar-refractivity contribution in [3.05, 3.63) is 72.8 Å². The minimum absolute atomic E-state index is 0.132. The fraction of sp³-hybridized carbons (Fsp3) is 0.118. The van der Waals surface area contributed by atoms with Gasteiger partial charge in [-0.1, -0.05) is 18.2 Å².